The third-order valence-electron chi connectivity index (χ3n) is 2.02. The van der Waals surface area contributed by atoms with E-state index in [0.29, 0.717) is 12.3 Å². The molecule has 0 fully saturated rings. The van der Waals surface area contributed by atoms with Crippen molar-refractivity contribution in [2.75, 3.05) is 6.54 Å². The Kier molecular flexibility index (Phi) is 2.93. The highest BCUT2D eigenvalue weighted by molar-refractivity contribution is 5.91. The van der Waals surface area contributed by atoms with Crippen molar-refractivity contribution in [2.45, 2.75) is 33.2 Å². The van der Waals surface area contributed by atoms with E-state index in [1.54, 1.807) is 11.0 Å². The van der Waals surface area contributed by atoms with E-state index in [4.69, 9.17) is 4.52 Å². The summed E-state index contributed by atoms with van der Waals surface area (Å²) < 4.78 is 4.83. The van der Waals surface area contributed by atoms with Gasteiger partial charge in [0.05, 0.1) is 6.20 Å². The summed E-state index contributed by atoms with van der Waals surface area (Å²) >= 11 is 0. The molecule has 1 heterocycles. The molecule has 1 amide bonds. The van der Waals surface area contributed by atoms with Gasteiger partial charge in [0.2, 0.25) is 5.76 Å². The maximum atomic E-state index is 11.9. The predicted molar refractivity (Wildman–Crippen MR) is 53.0 cm³/mol. The van der Waals surface area contributed by atoms with Crippen molar-refractivity contribution in [3.63, 3.8) is 0 Å². The van der Waals surface area contributed by atoms with Gasteiger partial charge >= 0.3 is 0 Å². The second kappa shape index (κ2) is 3.82. The van der Waals surface area contributed by atoms with Gasteiger partial charge in [0.1, 0.15) is 0 Å². The van der Waals surface area contributed by atoms with Crippen LogP contribution in [0.25, 0.3) is 0 Å². The third kappa shape index (κ3) is 2.13. The summed E-state index contributed by atoms with van der Waals surface area (Å²) in [6.07, 6.45) is 1.48. The molecular formula is C10H16N2O2. The van der Waals surface area contributed by atoms with Crippen LogP contribution < -0.4 is 0 Å². The Morgan fingerprint density at radius 3 is 2.57 bits per heavy atom. The first kappa shape index (κ1) is 10.8. The lowest BCUT2D eigenvalue weighted by Gasteiger charge is -2.33. The third-order valence-corrected chi connectivity index (χ3v) is 2.02. The molecule has 1 rings (SSSR count). The molecular weight excluding hydrogens is 180 g/mol. The van der Waals surface area contributed by atoms with Gasteiger partial charge in [0.15, 0.2) is 0 Å². The average molecular weight is 196 g/mol. The zero-order valence-corrected chi connectivity index (χ0v) is 9.07. The number of carbonyl (C=O) groups excluding carboxylic acids is 1. The molecule has 0 bridgehead atoms. The van der Waals surface area contributed by atoms with E-state index >= 15 is 0 Å². The van der Waals surface area contributed by atoms with Crippen molar-refractivity contribution >= 4 is 5.91 Å². The Morgan fingerprint density at radius 2 is 2.21 bits per heavy atom. The van der Waals surface area contributed by atoms with Crippen molar-refractivity contribution < 1.29 is 9.32 Å². The number of rotatable bonds is 2. The SMILES string of the molecule is CCN(C(=O)c1ccno1)C(C)(C)C. The van der Waals surface area contributed by atoms with E-state index in [9.17, 15) is 4.79 Å². The maximum Gasteiger partial charge on any atom is 0.292 e. The van der Waals surface area contributed by atoms with Gasteiger partial charge in [-0.2, -0.15) is 0 Å². The Hall–Kier alpha value is -1.32. The van der Waals surface area contributed by atoms with E-state index in [1.165, 1.54) is 6.20 Å². The summed E-state index contributed by atoms with van der Waals surface area (Å²) in [4.78, 5) is 13.6. The van der Waals surface area contributed by atoms with Crippen LogP contribution in [0.2, 0.25) is 0 Å². The molecule has 0 aromatic carbocycles. The topological polar surface area (TPSA) is 46.3 Å². The van der Waals surface area contributed by atoms with Crippen molar-refractivity contribution in [1.29, 1.82) is 0 Å². The molecule has 0 radical (unpaired) electrons. The van der Waals surface area contributed by atoms with Crippen LogP contribution in [0.1, 0.15) is 38.2 Å². The van der Waals surface area contributed by atoms with Gasteiger partial charge < -0.3 is 9.42 Å². The largest absolute Gasteiger partial charge is 0.351 e. The van der Waals surface area contributed by atoms with Crippen LogP contribution in [-0.2, 0) is 0 Å². The molecule has 0 atom stereocenters. The minimum atomic E-state index is -0.196. The lowest BCUT2D eigenvalue weighted by Crippen LogP contribution is -2.45. The summed E-state index contributed by atoms with van der Waals surface area (Å²) in [6.45, 7) is 8.57. The molecule has 4 heteroatoms. The highest BCUT2D eigenvalue weighted by atomic mass is 16.5. The summed E-state index contributed by atoms with van der Waals surface area (Å²) in [6, 6.07) is 1.58. The van der Waals surface area contributed by atoms with E-state index in [1.807, 2.05) is 27.7 Å². The van der Waals surface area contributed by atoms with Gasteiger partial charge in [0.25, 0.3) is 5.91 Å². The van der Waals surface area contributed by atoms with Gasteiger partial charge in [-0.3, -0.25) is 4.79 Å². The molecule has 1 aromatic rings. The van der Waals surface area contributed by atoms with Gasteiger partial charge in [-0.15, -0.1) is 0 Å². The zero-order chi connectivity index (χ0) is 10.8. The lowest BCUT2D eigenvalue weighted by molar-refractivity contribution is 0.0556. The van der Waals surface area contributed by atoms with Crippen LogP contribution >= 0.6 is 0 Å². The minimum Gasteiger partial charge on any atom is -0.351 e. The van der Waals surface area contributed by atoms with E-state index in [-0.39, 0.29) is 11.4 Å². The Labute approximate surface area is 83.9 Å². The Morgan fingerprint density at radius 1 is 1.57 bits per heavy atom. The normalized spacial score (nSPS) is 11.4. The van der Waals surface area contributed by atoms with Gasteiger partial charge in [-0.25, -0.2) is 0 Å². The van der Waals surface area contributed by atoms with Crippen LogP contribution in [0.15, 0.2) is 16.8 Å². The number of carbonyl (C=O) groups is 1. The van der Waals surface area contributed by atoms with Crippen molar-refractivity contribution in [1.82, 2.24) is 10.1 Å². The number of amides is 1. The first-order valence-electron chi connectivity index (χ1n) is 4.69. The first-order valence-corrected chi connectivity index (χ1v) is 4.69. The molecule has 78 valence electrons. The molecule has 0 N–H and O–H groups in total. The fraction of sp³-hybridized carbons (Fsp3) is 0.600. The predicted octanol–water partition coefficient (Wildman–Crippen LogP) is 1.94. The average Bonchev–Trinajstić information content (AvgIpc) is 2.53. The zero-order valence-electron chi connectivity index (χ0n) is 9.07. The lowest BCUT2D eigenvalue weighted by atomic mass is 10.1. The van der Waals surface area contributed by atoms with Crippen molar-refractivity contribution in [3.8, 4) is 0 Å². The van der Waals surface area contributed by atoms with Crippen LogP contribution in [0.3, 0.4) is 0 Å². The number of nitrogens with zero attached hydrogens (tertiary/aromatic N) is 2. The highest BCUT2D eigenvalue weighted by Gasteiger charge is 2.27. The first-order chi connectivity index (χ1) is 6.46. The second-order valence-corrected chi connectivity index (χ2v) is 4.10. The minimum absolute atomic E-state index is 0.113. The standard InChI is InChI=1S/C10H16N2O2/c1-5-12(10(2,3)4)9(13)8-6-7-11-14-8/h6-7H,5H2,1-4H3. The molecule has 0 spiro atoms. The van der Waals surface area contributed by atoms with E-state index in [0.717, 1.165) is 0 Å². The molecule has 1 aromatic heterocycles. The van der Waals surface area contributed by atoms with Crippen molar-refractivity contribution in [2.24, 2.45) is 0 Å². The summed E-state index contributed by atoms with van der Waals surface area (Å²) in [5.74, 6) is 0.180. The summed E-state index contributed by atoms with van der Waals surface area (Å²) in [5, 5.41) is 3.52. The highest BCUT2D eigenvalue weighted by Crippen LogP contribution is 2.16. The molecule has 0 unspecified atom stereocenters. The molecule has 0 saturated heterocycles. The number of hydrogen-bond donors (Lipinski definition) is 0. The smallest absolute Gasteiger partial charge is 0.292 e. The molecule has 0 aliphatic carbocycles. The fourth-order valence-electron chi connectivity index (χ4n) is 1.38. The Bertz CT molecular complexity index is 298. The number of aromatic nitrogens is 1. The van der Waals surface area contributed by atoms with Gasteiger partial charge in [0, 0.05) is 18.2 Å². The molecule has 4 nitrogen and oxygen atoms in total. The Balaban J connectivity index is 2.87. The summed E-state index contributed by atoms with van der Waals surface area (Å²) in [7, 11) is 0. The van der Waals surface area contributed by atoms with Crippen LogP contribution in [-0.4, -0.2) is 28.0 Å². The molecule has 0 saturated carbocycles. The quantitative estimate of drug-likeness (QED) is 0.726. The van der Waals surface area contributed by atoms with Gasteiger partial charge in [-0.1, -0.05) is 5.16 Å². The van der Waals surface area contributed by atoms with Crippen molar-refractivity contribution in [3.05, 3.63) is 18.0 Å². The van der Waals surface area contributed by atoms with Crippen LogP contribution in [0.4, 0.5) is 0 Å². The molecule has 0 aliphatic rings. The van der Waals surface area contributed by atoms with E-state index < -0.39 is 0 Å². The second-order valence-electron chi connectivity index (χ2n) is 4.10. The monoisotopic (exact) mass is 196 g/mol. The fourth-order valence-corrected chi connectivity index (χ4v) is 1.38. The van der Waals surface area contributed by atoms with Crippen LogP contribution in [0, 0.1) is 0 Å². The van der Waals surface area contributed by atoms with Gasteiger partial charge in [-0.05, 0) is 27.7 Å². The maximum absolute atomic E-state index is 11.9. The van der Waals surface area contributed by atoms with Crippen LogP contribution in [0.5, 0.6) is 0 Å². The molecule has 14 heavy (non-hydrogen) atoms. The van der Waals surface area contributed by atoms with E-state index in [2.05, 4.69) is 5.16 Å². The number of hydrogen-bond acceptors (Lipinski definition) is 3. The molecule has 0 aliphatic heterocycles. The summed E-state index contributed by atoms with van der Waals surface area (Å²) in [5.41, 5.74) is -0.196.